The van der Waals surface area contributed by atoms with Crippen LogP contribution in [0.15, 0.2) is 187 Å². The van der Waals surface area contributed by atoms with E-state index in [0.29, 0.717) is 72.3 Å². The minimum atomic E-state index is -3.46. The summed E-state index contributed by atoms with van der Waals surface area (Å²) in [6, 6.07) is 36.8. The molecule has 790 valence electrons. The summed E-state index contributed by atoms with van der Waals surface area (Å²) >= 11 is 47.3. The fraction of sp³-hybridized carbons (Fsp3) is 0.313. The molecule has 50 heteroatoms. The summed E-state index contributed by atoms with van der Waals surface area (Å²) in [5.41, 5.74) is 13.0. The number of carboxylic acids is 2. The second-order valence-electron chi connectivity index (χ2n) is 35.3. The summed E-state index contributed by atoms with van der Waals surface area (Å²) in [5, 5.41) is 90.5. The molecule has 0 bridgehead atoms. The van der Waals surface area contributed by atoms with Gasteiger partial charge in [0, 0.05) is 54.3 Å². The first-order valence-corrected chi connectivity index (χ1v) is 52.5. The van der Waals surface area contributed by atoms with E-state index in [9.17, 15) is 54.3 Å². The third kappa shape index (κ3) is 31.8. The highest BCUT2D eigenvalue weighted by molar-refractivity contribution is 7.90. The van der Waals surface area contributed by atoms with Crippen LogP contribution in [0.1, 0.15) is 264 Å². The average Bonchev–Trinajstić information content (AvgIpc) is 1.73. The predicted molar refractivity (Wildman–Crippen MR) is 562 cm³/mol. The number of carbonyl (C=O) groups excluding carboxylic acids is 2. The Hall–Kier alpha value is -13.4. The Morgan fingerprint density at radius 1 is 0.309 bits per heavy atom. The van der Waals surface area contributed by atoms with Gasteiger partial charge in [0.05, 0.1) is 129 Å². The number of aromatic hydroxyl groups is 1. The molecular formula is C99H107Cl8F3N24O13S2. The van der Waals surface area contributed by atoms with Gasteiger partial charge in [0.1, 0.15) is 17.5 Å². The smallest absolute Gasteiger partial charge is 0.360 e. The maximum absolute atomic E-state index is 14.2. The zero-order valence-corrected chi connectivity index (χ0v) is 92.1. The third-order valence-electron chi connectivity index (χ3n) is 21.3. The van der Waals surface area contributed by atoms with E-state index in [4.69, 9.17) is 112 Å². The Balaban J connectivity index is 0.000000189. The van der Waals surface area contributed by atoms with Crippen molar-refractivity contribution in [3.63, 3.8) is 0 Å². The molecule has 149 heavy (non-hydrogen) atoms. The summed E-state index contributed by atoms with van der Waals surface area (Å²) in [5.74, 6) is -3.86. The van der Waals surface area contributed by atoms with Crippen molar-refractivity contribution < 1.29 is 74.0 Å². The fourth-order valence-electron chi connectivity index (χ4n) is 14.1. The van der Waals surface area contributed by atoms with Crippen molar-refractivity contribution in [2.24, 2.45) is 0 Å². The van der Waals surface area contributed by atoms with E-state index in [0.717, 1.165) is 73.9 Å². The number of nitrogens with zero attached hydrogens (tertiary/aromatic N) is 24. The normalized spacial score (nSPS) is 11.2. The van der Waals surface area contributed by atoms with Crippen LogP contribution in [0.25, 0.3) is 45.5 Å². The monoisotopic (exact) mass is 2240 g/mol. The number of aryl methyl sites for hydroxylation is 1. The highest BCUT2D eigenvalue weighted by Gasteiger charge is 2.27. The number of benzene rings is 8. The Labute approximate surface area is 897 Å². The molecule has 0 aliphatic carbocycles. The van der Waals surface area contributed by atoms with E-state index >= 15 is 0 Å². The first-order chi connectivity index (χ1) is 70.0. The number of aromatic nitrogens is 24. The number of carbonyl (C=O) groups is 4. The third-order valence-corrected chi connectivity index (χ3v) is 25.2. The summed E-state index contributed by atoms with van der Waals surface area (Å²) in [7, 11) is -6.81. The molecule has 0 fully saturated rings. The number of esters is 2. The van der Waals surface area contributed by atoms with Crippen molar-refractivity contribution in [2.75, 3.05) is 25.7 Å². The largest absolute Gasteiger partial charge is 0.491 e. The molecule has 0 radical (unpaired) electrons. The number of rotatable bonds is 24. The van der Waals surface area contributed by atoms with Crippen molar-refractivity contribution in [2.45, 2.75) is 189 Å². The van der Waals surface area contributed by atoms with Gasteiger partial charge in [-0.05, 0) is 223 Å². The van der Waals surface area contributed by atoms with Crippen molar-refractivity contribution in [1.82, 2.24) is 120 Å². The molecule has 16 aromatic rings. The number of aromatic carboxylic acids is 2. The minimum Gasteiger partial charge on any atom is -0.491 e. The van der Waals surface area contributed by atoms with Gasteiger partial charge < -0.3 is 24.8 Å². The highest BCUT2D eigenvalue weighted by Crippen LogP contribution is 2.37. The molecule has 3 N–H and O–H groups in total. The lowest BCUT2D eigenvalue weighted by molar-refractivity contribution is 0.0510. The van der Waals surface area contributed by atoms with E-state index < -0.39 is 61.0 Å². The van der Waals surface area contributed by atoms with Gasteiger partial charge in [-0.25, -0.2) is 86.6 Å². The molecule has 0 spiro atoms. The number of hydrogen-bond donors (Lipinski definition) is 3. The Morgan fingerprint density at radius 3 is 0.752 bits per heavy atom. The summed E-state index contributed by atoms with van der Waals surface area (Å²) in [6.07, 6.45) is 13.8. The van der Waals surface area contributed by atoms with Crippen molar-refractivity contribution in [1.29, 1.82) is 0 Å². The Bertz CT molecular complexity index is 7560. The maximum atomic E-state index is 14.2. The van der Waals surface area contributed by atoms with Crippen molar-refractivity contribution >= 4 is 136 Å². The van der Waals surface area contributed by atoms with Gasteiger partial charge in [0.15, 0.2) is 52.5 Å². The molecule has 0 saturated heterocycles. The lowest BCUT2D eigenvalue weighted by Crippen LogP contribution is -2.06. The van der Waals surface area contributed by atoms with E-state index in [2.05, 4.69) is 124 Å². The number of sulfone groups is 2. The lowest BCUT2D eigenvalue weighted by atomic mass is 10.0. The topological polar surface area (TPSA) is 461 Å². The van der Waals surface area contributed by atoms with Gasteiger partial charge >= 0.3 is 23.9 Å². The average molecular weight is 2250 g/mol. The minimum absolute atomic E-state index is 0.0147. The van der Waals surface area contributed by atoms with E-state index in [-0.39, 0.29) is 95.9 Å². The molecular weight excluding hydrogens is 2140 g/mol. The fourth-order valence-corrected chi connectivity index (χ4v) is 16.5. The first-order valence-electron chi connectivity index (χ1n) is 45.7. The maximum Gasteiger partial charge on any atom is 0.360 e. The quantitative estimate of drug-likeness (QED) is 0.0473. The SMILES string of the molecule is CC(C)c1c(-n2cc(C(=O)O)nn2)ccc(Cl)c1F.CC(C)c1c(-n2cc(S(C)(=O)=O)nn2)ccc(Cl)c1F.CC(C)c1cc(Cl)ccc1-n1cc(C(=O)O)nn1.CC(C)c1cc(Cl)ccc1-n1cc(O)nn1.CC(C)c1cc(Cl)ccc1-n1cc(S(C)(=O)=O)nn1.CCOC(=O)c1cn(-c2ccc(Cl)c(F)c2C(C)C)nn1.CCOC(=O)c1cn(-c2ccc(Cl)cc2C(C)C)nn1.Cc1cn(-c2ccc(Cl)cc2C(C)C)nn1. The number of hydrogen-bond acceptors (Lipinski definition) is 27. The van der Waals surface area contributed by atoms with Crippen LogP contribution in [0.3, 0.4) is 0 Å². The molecule has 0 aliphatic rings. The summed E-state index contributed by atoms with van der Waals surface area (Å²) in [6.45, 7) is 37.6. The van der Waals surface area contributed by atoms with Crippen LogP contribution in [0, 0.1) is 24.4 Å². The van der Waals surface area contributed by atoms with Crippen LogP contribution < -0.4 is 0 Å². The zero-order chi connectivity index (χ0) is 110. The molecule has 0 atom stereocenters. The molecule has 16 rings (SSSR count). The van der Waals surface area contributed by atoms with Gasteiger partial charge in [-0.2, -0.15) is 0 Å². The second kappa shape index (κ2) is 53.1. The zero-order valence-electron chi connectivity index (χ0n) is 84.4. The van der Waals surface area contributed by atoms with Crippen LogP contribution in [0.2, 0.25) is 40.2 Å². The number of carboxylic acid groups (broad SMARTS) is 2. The van der Waals surface area contributed by atoms with Crippen molar-refractivity contribution in [3.05, 3.63) is 308 Å². The highest BCUT2D eigenvalue weighted by atomic mass is 35.5. The Kier molecular flexibility index (Phi) is 42.5. The number of ether oxygens (including phenoxy) is 2. The standard InChI is InChI=1S/C14H15ClFN3O2.C14H16ClN3O2.C12H13ClFN3O2S.C12H11ClFN3O2.C12H14ClN3O2S.C12H12ClN3O2.C12H14ClN3.C11H12ClN3O/c1-4-21-14(20)10-7-19(18-17-10)11-6-5-9(15)13(16)12(11)8(2)3;1-4-20-14(19)12-8-18(17-16-12)13-6-5-10(15)7-11(13)9(2)3;1-7(2)11-9(5-4-8(13)12(11)14)17-6-10(15-16-17)20(3,18)19;1-6(2)10-9(4-3-7(13)11(10)14)17-5-8(12(18)19)15-16-17;1-8(2)10-6-9(13)4-5-11(10)16-7-12(14-15-16)19(3,17)18;1-7(2)9-5-8(13)3-4-11(9)16-6-10(12(17)18)14-15-16;1-8(2)11-6-10(13)4-5-12(11)16-7-9(3)14-15-16;1-7(2)9-5-8(12)3-4-10(9)15-6-11(16)13-14-15/h5-8H,4H2,1-3H3;5-9H,4H2,1-3H3;4-7H,1-3H3;3-6H,1-2H3,(H,18,19);4-8H,1-3H3;3-7H,1-2H3,(H,17,18);4-8H,1-3H3;3-7,16H,1-2H3. The van der Waals surface area contributed by atoms with E-state index in [1.54, 1.807) is 88.7 Å². The summed E-state index contributed by atoms with van der Waals surface area (Å²) < 4.78 is 109. The molecule has 0 amide bonds. The van der Waals surface area contributed by atoms with Crippen LogP contribution in [0.5, 0.6) is 5.88 Å². The Morgan fingerprint density at radius 2 is 0.530 bits per heavy atom. The molecule has 0 saturated carbocycles. The van der Waals surface area contributed by atoms with Crippen LogP contribution in [-0.2, 0) is 29.1 Å². The molecule has 0 aliphatic heterocycles. The van der Waals surface area contributed by atoms with Crippen LogP contribution in [-0.4, -0.2) is 202 Å². The van der Waals surface area contributed by atoms with Crippen LogP contribution >= 0.6 is 92.8 Å². The second-order valence-corrected chi connectivity index (χ2v) is 42.6. The number of halogens is 11. The molecule has 8 aromatic heterocycles. The molecule has 0 unspecified atom stereocenters. The van der Waals surface area contributed by atoms with Gasteiger partial charge in [-0.15, -0.1) is 35.7 Å². The van der Waals surface area contributed by atoms with Gasteiger partial charge in [-0.1, -0.05) is 250 Å². The van der Waals surface area contributed by atoms with Crippen molar-refractivity contribution in [3.8, 4) is 51.4 Å². The molecule has 8 aromatic carbocycles. The van der Waals surface area contributed by atoms with Crippen LogP contribution in [0.4, 0.5) is 13.2 Å². The molecule has 37 nitrogen and oxygen atoms in total. The van der Waals surface area contributed by atoms with E-state index in [1.807, 2.05) is 137 Å². The summed E-state index contributed by atoms with van der Waals surface area (Å²) in [4.78, 5) is 44.8. The van der Waals surface area contributed by atoms with Gasteiger partial charge in [-0.3, -0.25) is 0 Å². The van der Waals surface area contributed by atoms with Gasteiger partial charge in [0.2, 0.25) is 0 Å². The molecule has 8 heterocycles. The predicted octanol–water partition coefficient (Wildman–Crippen LogP) is 23.3. The first kappa shape index (κ1) is 119. The van der Waals surface area contributed by atoms with Gasteiger partial charge in [0.25, 0.3) is 5.88 Å². The van der Waals surface area contributed by atoms with E-state index in [1.165, 1.54) is 84.4 Å². The lowest BCUT2D eigenvalue weighted by Gasteiger charge is -2.14.